The van der Waals surface area contributed by atoms with Gasteiger partial charge in [-0.3, -0.25) is 4.79 Å². The Morgan fingerprint density at radius 1 is 1.12 bits per heavy atom. The Labute approximate surface area is 193 Å². The number of hydrogen-bond acceptors (Lipinski definition) is 6. The number of nitrogens with two attached hydrogens (primary N) is 1. The molecular formula is C26H25N3O4. The smallest absolute Gasteiger partial charge is 0.220 e. The maximum absolute atomic E-state index is 12.5. The van der Waals surface area contributed by atoms with Gasteiger partial charge >= 0.3 is 0 Å². The molecule has 2 aromatic rings. The van der Waals surface area contributed by atoms with Crippen molar-refractivity contribution >= 4 is 12.0 Å². The predicted octanol–water partition coefficient (Wildman–Crippen LogP) is 3.71. The molecule has 0 saturated carbocycles. The lowest BCUT2D eigenvalue weighted by Crippen LogP contribution is -2.40. The van der Waals surface area contributed by atoms with Gasteiger partial charge in [0.25, 0.3) is 0 Å². The number of carbonyl (C=O) groups excluding carboxylic acids is 1. The van der Waals surface area contributed by atoms with Crippen LogP contribution in [0.5, 0.6) is 11.5 Å². The molecule has 7 heteroatoms. The van der Waals surface area contributed by atoms with Crippen molar-refractivity contribution in [1.29, 1.82) is 5.26 Å². The Balaban J connectivity index is 1.95. The summed E-state index contributed by atoms with van der Waals surface area (Å²) in [5.41, 5.74) is 9.74. The second-order valence-electron chi connectivity index (χ2n) is 7.81. The van der Waals surface area contributed by atoms with Gasteiger partial charge in [-0.1, -0.05) is 36.4 Å². The summed E-state index contributed by atoms with van der Waals surface area (Å²) in [5, 5.41) is 9.95. The molecular weight excluding hydrogens is 418 g/mol. The minimum absolute atomic E-state index is 0.0503. The number of nitrogens with zero attached hydrogens (tertiary/aromatic N) is 2. The Morgan fingerprint density at radius 3 is 2.45 bits per heavy atom. The molecule has 0 aliphatic carbocycles. The average Bonchev–Trinajstić information content (AvgIpc) is 2.83. The van der Waals surface area contributed by atoms with Gasteiger partial charge in [-0.2, -0.15) is 5.26 Å². The Hall–Kier alpha value is -4.18. The van der Waals surface area contributed by atoms with Crippen molar-refractivity contribution in [2.45, 2.75) is 12.8 Å². The van der Waals surface area contributed by atoms with Gasteiger partial charge in [-0.25, -0.2) is 0 Å². The molecule has 1 unspecified atom stereocenters. The number of rotatable bonds is 4. The largest absolute Gasteiger partial charge is 0.496 e. The second-order valence-corrected chi connectivity index (χ2v) is 7.81. The molecule has 0 aromatic heterocycles. The Kier molecular flexibility index (Phi) is 6.09. The van der Waals surface area contributed by atoms with E-state index in [0.29, 0.717) is 35.9 Å². The standard InChI is InChI=1S/C26H25N3O4/c1-16(30)29-14-18(12-17-8-4-6-10-22(17)31-2)25-21(15-29)24(20(13-27)26(28)33-25)19-9-5-7-11-23(19)32-3/h4-12,24H,14-15,28H2,1-3H3/b18-12+. The van der Waals surface area contributed by atoms with Gasteiger partial charge in [0.2, 0.25) is 11.8 Å². The summed E-state index contributed by atoms with van der Waals surface area (Å²) in [6, 6.07) is 17.3. The van der Waals surface area contributed by atoms with Gasteiger partial charge in [0.15, 0.2) is 0 Å². The highest BCUT2D eigenvalue weighted by Crippen LogP contribution is 2.46. The van der Waals surface area contributed by atoms with Gasteiger partial charge in [0.1, 0.15) is 28.9 Å². The van der Waals surface area contributed by atoms with E-state index in [2.05, 4.69) is 6.07 Å². The number of ether oxygens (including phenoxy) is 3. The molecule has 0 spiro atoms. The van der Waals surface area contributed by atoms with Crippen molar-refractivity contribution in [3.05, 3.63) is 88.0 Å². The number of nitriles is 1. The van der Waals surface area contributed by atoms with Crippen LogP contribution in [0.15, 0.2) is 76.9 Å². The summed E-state index contributed by atoms with van der Waals surface area (Å²) in [4.78, 5) is 14.2. The first-order valence-electron chi connectivity index (χ1n) is 10.5. The molecule has 4 rings (SSSR count). The van der Waals surface area contributed by atoms with Crippen LogP contribution in [0, 0.1) is 11.3 Å². The maximum Gasteiger partial charge on any atom is 0.220 e. The van der Waals surface area contributed by atoms with E-state index in [9.17, 15) is 10.1 Å². The third kappa shape index (κ3) is 4.03. The zero-order valence-corrected chi connectivity index (χ0v) is 18.8. The van der Waals surface area contributed by atoms with Crippen LogP contribution >= 0.6 is 0 Å². The van der Waals surface area contributed by atoms with Crippen LogP contribution in [0.3, 0.4) is 0 Å². The number of hydrogen-bond donors (Lipinski definition) is 1. The molecule has 33 heavy (non-hydrogen) atoms. The summed E-state index contributed by atoms with van der Waals surface area (Å²) in [7, 11) is 3.20. The lowest BCUT2D eigenvalue weighted by Gasteiger charge is -2.38. The monoisotopic (exact) mass is 443 g/mol. The van der Waals surface area contributed by atoms with Crippen LogP contribution in [0.4, 0.5) is 0 Å². The summed E-state index contributed by atoms with van der Waals surface area (Å²) >= 11 is 0. The molecule has 0 bridgehead atoms. The minimum Gasteiger partial charge on any atom is -0.496 e. The van der Waals surface area contributed by atoms with Crippen molar-refractivity contribution in [2.24, 2.45) is 5.73 Å². The molecule has 2 heterocycles. The van der Waals surface area contributed by atoms with E-state index < -0.39 is 5.92 Å². The molecule has 1 atom stereocenters. The van der Waals surface area contributed by atoms with Crippen LogP contribution < -0.4 is 15.2 Å². The van der Waals surface area contributed by atoms with E-state index in [4.69, 9.17) is 19.9 Å². The molecule has 0 fully saturated rings. The van der Waals surface area contributed by atoms with E-state index in [1.165, 1.54) is 6.92 Å². The highest BCUT2D eigenvalue weighted by molar-refractivity contribution is 5.77. The fraction of sp³-hybridized carbons (Fsp3) is 0.231. The molecule has 0 saturated heterocycles. The number of para-hydroxylation sites is 2. The van der Waals surface area contributed by atoms with Crippen LogP contribution in [-0.2, 0) is 9.53 Å². The quantitative estimate of drug-likeness (QED) is 0.774. The van der Waals surface area contributed by atoms with E-state index in [1.807, 2.05) is 54.6 Å². The van der Waals surface area contributed by atoms with Crippen molar-refractivity contribution in [2.75, 3.05) is 27.3 Å². The molecule has 2 aliphatic rings. The normalized spacial score (nSPS) is 19.0. The molecule has 1 amide bonds. The van der Waals surface area contributed by atoms with E-state index in [-0.39, 0.29) is 11.8 Å². The number of amides is 1. The van der Waals surface area contributed by atoms with Crippen LogP contribution in [-0.4, -0.2) is 38.1 Å². The van der Waals surface area contributed by atoms with Gasteiger partial charge in [-0.15, -0.1) is 0 Å². The second kappa shape index (κ2) is 9.13. The van der Waals surface area contributed by atoms with E-state index >= 15 is 0 Å². The summed E-state index contributed by atoms with van der Waals surface area (Å²) in [5.74, 6) is 1.38. The van der Waals surface area contributed by atoms with Gasteiger partial charge in [0, 0.05) is 42.3 Å². The predicted molar refractivity (Wildman–Crippen MR) is 124 cm³/mol. The molecule has 2 N–H and O–H groups in total. The number of benzene rings is 2. The summed E-state index contributed by atoms with van der Waals surface area (Å²) in [6.07, 6.45) is 1.94. The highest BCUT2D eigenvalue weighted by atomic mass is 16.5. The van der Waals surface area contributed by atoms with Crippen molar-refractivity contribution in [3.8, 4) is 17.6 Å². The van der Waals surface area contributed by atoms with Gasteiger partial charge in [0.05, 0.1) is 20.1 Å². The molecule has 0 radical (unpaired) electrons. The van der Waals surface area contributed by atoms with E-state index in [1.54, 1.807) is 19.1 Å². The lowest BCUT2D eigenvalue weighted by molar-refractivity contribution is -0.128. The van der Waals surface area contributed by atoms with Gasteiger partial charge < -0.3 is 24.8 Å². The Morgan fingerprint density at radius 2 is 1.79 bits per heavy atom. The molecule has 2 aromatic carbocycles. The first kappa shape index (κ1) is 22.0. The minimum atomic E-state index is -0.502. The lowest BCUT2D eigenvalue weighted by atomic mass is 9.79. The number of methoxy groups -OCH3 is 2. The molecule has 7 nitrogen and oxygen atoms in total. The van der Waals surface area contributed by atoms with Crippen LogP contribution in [0.1, 0.15) is 24.0 Å². The summed E-state index contributed by atoms with van der Waals surface area (Å²) in [6.45, 7) is 2.19. The van der Waals surface area contributed by atoms with Crippen molar-refractivity contribution < 1.29 is 19.0 Å². The third-order valence-corrected chi connectivity index (χ3v) is 5.90. The zero-order valence-electron chi connectivity index (χ0n) is 18.8. The Bertz CT molecular complexity index is 1240. The summed E-state index contributed by atoms with van der Waals surface area (Å²) < 4.78 is 17.1. The van der Waals surface area contributed by atoms with Crippen molar-refractivity contribution in [3.63, 3.8) is 0 Å². The SMILES string of the molecule is COc1ccccc1/C=C1\CN(C(C)=O)CC2=C1OC(N)=C(C#N)C2c1ccccc1OC. The highest BCUT2D eigenvalue weighted by Gasteiger charge is 2.39. The molecule has 2 aliphatic heterocycles. The maximum atomic E-state index is 12.5. The van der Waals surface area contributed by atoms with E-state index in [0.717, 1.165) is 22.3 Å². The fourth-order valence-corrected chi connectivity index (χ4v) is 4.33. The van der Waals surface area contributed by atoms with Crippen LogP contribution in [0.25, 0.3) is 6.08 Å². The fourth-order valence-electron chi connectivity index (χ4n) is 4.33. The zero-order chi connectivity index (χ0) is 23.5. The topological polar surface area (TPSA) is 97.8 Å². The molecule has 168 valence electrons. The third-order valence-electron chi connectivity index (χ3n) is 5.90. The van der Waals surface area contributed by atoms with Crippen molar-refractivity contribution in [1.82, 2.24) is 4.90 Å². The first-order chi connectivity index (χ1) is 16.0. The first-order valence-corrected chi connectivity index (χ1v) is 10.5. The number of carbonyl (C=O) groups is 1. The number of allylic oxidation sites excluding steroid dienone is 1. The average molecular weight is 444 g/mol. The van der Waals surface area contributed by atoms with Gasteiger partial charge in [-0.05, 0) is 18.2 Å². The van der Waals surface area contributed by atoms with Crippen LogP contribution in [0.2, 0.25) is 0 Å².